The molecule has 3 heteroatoms. The Hall–Kier alpha value is -2.26. The van der Waals surface area contributed by atoms with Crippen LogP contribution in [0.3, 0.4) is 0 Å². The highest BCUT2D eigenvalue weighted by Gasteiger charge is 2.40. The summed E-state index contributed by atoms with van der Waals surface area (Å²) in [5, 5.41) is 0. The molecule has 0 spiro atoms. The van der Waals surface area contributed by atoms with Gasteiger partial charge in [0.15, 0.2) is 5.60 Å². The summed E-state index contributed by atoms with van der Waals surface area (Å²) in [5.41, 5.74) is 2.43. The van der Waals surface area contributed by atoms with E-state index in [2.05, 4.69) is 25.3 Å². The van der Waals surface area contributed by atoms with Gasteiger partial charge in [-0.25, -0.2) is 4.79 Å². The monoisotopic (exact) mass is 322 g/mol. The summed E-state index contributed by atoms with van der Waals surface area (Å²) in [6.07, 6.45) is 1.72. The molecule has 0 fully saturated rings. The number of benzene rings is 2. The van der Waals surface area contributed by atoms with Gasteiger partial charge in [-0.2, -0.15) is 0 Å². The lowest BCUT2D eigenvalue weighted by atomic mass is 9.83. The van der Waals surface area contributed by atoms with Gasteiger partial charge in [-0.15, -0.1) is 11.8 Å². The topological polar surface area (TPSA) is 26.3 Å². The molecule has 2 aromatic rings. The second-order valence-corrected chi connectivity index (χ2v) is 6.57. The third kappa shape index (κ3) is 2.62. The van der Waals surface area contributed by atoms with E-state index in [0.29, 0.717) is 5.57 Å². The Bertz CT molecular complexity index is 744. The van der Waals surface area contributed by atoms with Crippen LogP contribution in [0.15, 0.2) is 78.2 Å². The number of carbonyl (C=O) groups is 1. The molecular weight excluding hydrogens is 304 g/mol. The Morgan fingerprint density at radius 3 is 2.52 bits per heavy atom. The summed E-state index contributed by atoms with van der Waals surface area (Å²) in [4.78, 5) is 13.4. The minimum atomic E-state index is -0.993. The maximum Gasteiger partial charge on any atom is 0.334 e. The molecule has 3 rings (SSSR count). The highest BCUT2D eigenvalue weighted by Crippen LogP contribution is 2.46. The first-order valence-electron chi connectivity index (χ1n) is 7.41. The Morgan fingerprint density at radius 1 is 1.17 bits per heavy atom. The minimum Gasteiger partial charge on any atom is -0.441 e. The fourth-order valence-corrected chi connectivity index (χ4v) is 3.93. The van der Waals surface area contributed by atoms with Crippen LogP contribution < -0.4 is 0 Å². The number of rotatable bonds is 3. The summed E-state index contributed by atoms with van der Waals surface area (Å²) >= 11 is 1.74. The van der Waals surface area contributed by atoms with Gasteiger partial charge >= 0.3 is 5.97 Å². The number of ether oxygens (including phenoxy) is 1. The minimum absolute atomic E-state index is 0.373. The van der Waals surface area contributed by atoms with Crippen molar-refractivity contribution in [3.8, 4) is 0 Å². The van der Waals surface area contributed by atoms with Crippen LogP contribution in [0.5, 0.6) is 0 Å². The van der Waals surface area contributed by atoms with Crippen molar-refractivity contribution in [1.82, 2.24) is 0 Å². The largest absolute Gasteiger partial charge is 0.441 e. The third-order valence-corrected chi connectivity index (χ3v) is 5.10. The van der Waals surface area contributed by atoms with E-state index >= 15 is 0 Å². The number of thioether (sulfide) groups is 1. The molecule has 0 saturated heterocycles. The molecule has 0 amide bonds. The first-order chi connectivity index (χ1) is 11.1. The van der Waals surface area contributed by atoms with Crippen molar-refractivity contribution in [2.45, 2.75) is 23.2 Å². The average molecular weight is 322 g/mol. The maximum atomic E-state index is 12.3. The zero-order valence-corrected chi connectivity index (χ0v) is 13.9. The van der Waals surface area contributed by atoms with Gasteiger partial charge in [0.1, 0.15) is 0 Å². The van der Waals surface area contributed by atoms with Crippen LogP contribution in [0.25, 0.3) is 0 Å². The van der Waals surface area contributed by atoms with Crippen molar-refractivity contribution < 1.29 is 9.53 Å². The van der Waals surface area contributed by atoms with Crippen molar-refractivity contribution in [3.63, 3.8) is 0 Å². The Labute approximate surface area is 140 Å². The summed E-state index contributed by atoms with van der Waals surface area (Å²) in [5.74, 6) is 0.411. The molecule has 1 atom stereocenters. The molecule has 0 aliphatic carbocycles. The SMILES string of the molecule is C=CC1(OC(=O)C(=C)C)c2ccccc2CSc2ccccc21. The Balaban J connectivity index is 2.29. The predicted octanol–water partition coefficient (Wildman–Crippen LogP) is 4.84. The molecule has 2 nitrogen and oxygen atoms in total. The number of hydrogen-bond donors (Lipinski definition) is 0. The third-order valence-electron chi connectivity index (χ3n) is 3.98. The van der Waals surface area contributed by atoms with Gasteiger partial charge in [0.2, 0.25) is 0 Å². The van der Waals surface area contributed by atoms with E-state index in [1.165, 1.54) is 0 Å². The quantitative estimate of drug-likeness (QED) is 0.459. The molecule has 0 N–H and O–H groups in total. The van der Waals surface area contributed by atoms with Crippen LogP contribution in [-0.4, -0.2) is 5.97 Å². The van der Waals surface area contributed by atoms with Gasteiger partial charge in [-0.3, -0.25) is 0 Å². The number of carbonyl (C=O) groups excluding carboxylic acids is 1. The van der Waals surface area contributed by atoms with Gasteiger partial charge in [0, 0.05) is 27.3 Å². The molecule has 2 aromatic carbocycles. The molecular formula is C20H18O2S. The lowest BCUT2D eigenvalue weighted by Crippen LogP contribution is -2.33. The van der Waals surface area contributed by atoms with Crippen LogP contribution in [0.2, 0.25) is 0 Å². The summed E-state index contributed by atoms with van der Waals surface area (Å²) in [6, 6.07) is 16.0. The lowest BCUT2D eigenvalue weighted by molar-refractivity contribution is -0.148. The highest BCUT2D eigenvalue weighted by atomic mass is 32.2. The smallest absolute Gasteiger partial charge is 0.334 e. The number of esters is 1. The molecule has 0 radical (unpaired) electrons. The molecule has 1 unspecified atom stereocenters. The fraction of sp³-hybridized carbons (Fsp3) is 0.150. The van der Waals surface area contributed by atoms with E-state index in [1.807, 2.05) is 36.4 Å². The van der Waals surface area contributed by atoms with Crippen LogP contribution >= 0.6 is 11.8 Å². The van der Waals surface area contributed by atoms with E-state index in [9.17, 15) is 4.79 Å². The van der Waals surface area contributed by atoms with Gasteiger partial charge in [0.05, 0.1) is 0 Å². The first-order valence-corrected chi connectivity index (χ1v) is 8.40. The van der Waals surface area contributed by atoms with Crippen LogP contribution in [0.4, 0.5) is 0 Å². The van der Waals surface area contributed by atoms with Crippen LogP contribution in [-0.2, 0) is 20.9 Å². The summed E-state index contributed by atoms with van der Waals surface area (Å²) in [6.45, 7) is 9.35. The van der Waals surface area contributed by atoms with Crippen LogP contribution in [0.1, 0.15) is 23.6 Å². The van der Waals surface area contributed by atoms with Gasteiger partial charge in [-0.05, 0) is 24.6 Å². The highest BCUT2D eigenvalue weighted by molar-refractivity contribution is 7.98. The molecule has 1 heterocycles. The summed E-state index contributed by atoms with van der Waals surface area (Å²) in [7, 11) is 0. The zero-order valence-electron chi connectivity index (χ0n) is 13.0. The Morgan fingerprint density at radius 2 is 1.83 bits per heavy atom. The normalized spacial score (nSPS) is 19.0. The van der Waals surface area contributed by atoms with Gasteiger partial charge < -0.3 is 4.74 Å². The molecule has 0 aromatic heterocycles. The average Bonchev–Trinajstić information content (AvgIpc) is 2.71. The Kier molecular flexibility index (Phi) is 4.14. The predicted molar refractivity (Wildman–Crippen MR) is 94.3 cm³/mol. The van der Waals surface area contributed by atoms with E-state index < -0.39 is 11.6 Å². The molecule has 0 bridgehead atoms. The standard InChI is InChI=1S/C20H18O2S/c1-4-20(22-19(21)14(2)3)16-10-6-5-9-15(16)13-23-18-12-8-7-11-17(18)20/h4-12H,1-2,13H2,3H3. The molecule has 116 valence electrons. The fourth-order valence-electron chi connectivity index (χ4n) is 2.81. The van der Waals surface area contributed by atoms with E-state index in [4.69, 9.17) is 4.74 Å². The zero-order chi connectivity index (χ0) is 16.4. The maximum absolute atomic E-state index is 12.3. The second-order valence-electron chi connectivity index (χ2n) is 5.55. The molecule has 1 aliphatic rings. The van der Waals surface area contributed by atoms with Crippen LogP contribution in [0, 0.1) is 0 Å². The number of fused-ring (bicyclic) bond motifs is 2. The lowest BCUT2D eigenvalue weighted by Gasteiger charge is -2.32. The van der Waals surface area contributed by atoms with Crippen molar-refractivity contribution >= 4 is 17.7 Å². The van der Waals surface area contributed by atoms with Gasteiger partial charge in [-0.1, -0.05) is 55.6 Å². The molecule has 23 heavy (non-hydrogen) atoms. The van der Waals surface area contributed by atoms with E-state index in [1.54, 1.807) is 24.8 Å². The van der Waals surface area contributed by atoms with E-state index in [0.717, 1.165) is 27.3 Å². The van der Waals surface area contributed by atoms with E-state index in [-0.39, 0.29) is 0 Å². The second kappa shape index (κ2) is 6.09. The van der Waals surface area contributed by atoms with Crippen molar-refractivity contribution in [2.75, 3.05) is 0 Å². The van der Waals surface area contributed by atoms with Crippen molar-refractivity contribution in [1.29, 1.82) is 0 Å². The number of hydrogen-bond acceptors (Lipinski definition) is 3. The first kappa shape index (κ1) is 15.6. The molecule has 1 aliphatic heterocycles. The molecule has 0 saturated carbocycles. The van der Waals surface area contributed by atoms with Gasteiger partial charge in [0.25, 0.3) is 0 Å². The van der Waals surface area contributed by atoms with Crippen molar-refractivity contribution in [3.05, 3.63) is 90.0 Å². The summed E-state index contributed by atoms with van der Waals surface area (Å²) < 4.78 is 5.95. The van der Waals surface area contributed by atoms with Crippen molar-refractivity contribution in [2.24, 2.45) is 0 Å².